The van der Waals surface area contributed by atoms with Crippen LogP contribution in [0.2, 0.25) is 5.02 Å². The average Bonchev–Trinajstić information content (AvgIpc) is 3.00. The third kappa shape index (κ3) is 4.54. The van der Waals surface area contributed by atoms with Gasteiger partial charge in [0.1, 0.15) is 11.9 Å². The number of hydrogen-bond acceptors (Lipinski definition) is 4. The van der Waals surface area contributed by atoms with E-state index in [-0.39, 0.29) is 12.4 Å². The number of anilines is 1. The molecule has 28 heavy (non-hydrogen) atoms. The quantitative estimate of drug-likeness (QED) is 0.312. The Labute approximate surface area is 175 Å². The molecule has 0 unspecified atom stereocenters. The number of aryl methyl sites for hydroxylation is 2. The Hall–Kier alpha value is -2.37. The summed E-state index contributed by atoms with van der Waals surface area (Å²) in [6, 6.07) is 11.5. The number of nitrogen functional groups attached to an aromatic ring is 1. The molecule has 2 N–H and O–H groups in total. The molecule has 2 aromatic carbocycles. The van der Waals surface area contributed by atoms with Gasteiger partial charge in [-0.05, 0) is 43.5 Å². The van der Waals surface area contributed by atoms with Crippen LogP contribution >= 0.6 is 24.0 Å². The fourth-order valence-electron chi connectivity index (χ4n) is 3.30. The second-order valence-electron chi connectivity index (χ2n) is 6.49. The first-order valence-corrected chi connectivity index (χ1v) is 9.23. The standard InChI is InChI=1S/C21H23ClN2O3.ClH/c1-14(27-13-25)16-12-24(2)21-17(22)9-10-19(20(16)21)26-11-5-7-15-6-3-4-8-18(15)23;/h3-4,6,8-10,12-14H,5,7,11,23H2,1-2H3;1H/t14-;/m0./s1. The minimum absolute atomic E-state index is 0. The van der Waals surface area contributed by atoms with Crippen molar-refractivity contribution in [3.63, 3.8) is 0 Å². The van der Waals surface area contributed by atoms with Crippen LogP contribution in [0.5, 0.6) is 5.75 Å². The van der Waals surface area contributed by atoms with E-state index in [9.17, 15) is 4.79 Å². The number of para-hydroxylation sites is 1. The van der Waals surface area contributed by atoms with Gasteiger partial charge in [-0.1, -0.05) is 29.8 Å². The Kier molecular flexibility index (Phi) is 7.61. The molecule has 0 aliphatic carbocycles. The maximum absolute atomic E-state index is 10.8. The molecule has 0 bridgehead atoms. The Balaban J connectivity index is 0.00000280. The van der Waals surface area contributed by atoms with Gasteiger partial charge < -0.3 is 19.8 Å². The minimum Gasteiger partial charge on any atom is -0.493 e. The van der Waals surface area contributed by atoms with Gasteiger partial charge in [-0.25, -0.2) is 0 Å². The van der Waals surface area contributed by atoms with Crippen LogP contribution in [0, 0.1) is 0 Å². The fourth-order valence-corrected chi connectivity index (χ4v) is 3.59. The molecule has 0 aliphatic rings. The molecule has 0 aliphatic heterocycles. The number of carbonyl (C=O) groups excluding carboxylic acids is 1. The number of halogens is 2. The van der Waals surface area contributed by atoms with Crippen molar-refractivity contribution in [2.45, 2.75) is 25.9 Å². The van der Waals surface area contributed by atoms with E-state index in [0.29, 0.717) is 18.1 Å². The van der Waals surface area contributed by atoms with E-state index < -0.39 is 6.10 Å². The summed E-state index contributed by atoms with van der Waals surface area (Å²) < 4.78 is 13.1. The van der Waals surface area contributed by atoms with Crippen LogP contribution in [0.25, 0.3) is 10.9 Å². The highest BCUT2D eigenvalue weighted by molar-refractivity contribution is 6.35. The number of nitrogens with two attached hydrogens (primary N) is 1. The highest BCUT2D eigenvalue weighted by atomic mass is 35.5. The lowest BCUT2D eigenvalue weighted by Crippen LogP contribution is -2.03. The third-order valence-corrected chi connectivity index (χ3v) is 4.97. The van der Waals surface area contributed by atoms with Crippen LogP contribution in [0.15, 0.2) is 42.6 Å². The zero-order valence-corrected chi connectivity index (χ0v) is 17.4. The summed E-state index contributed by atoms with van der Waals surface area (Å²) >= 11 is 6.39. The molecule has 0 fully saturated rings. The number of ether oxygens (including phenoxy) is 2. The van der Waals surface area contributed by atoms with Crippen molar-refractivity contribution in [2.24, 2.45) is 7.05 Å². The van der Waals surface area contributed by atoms with Crippen molar-refractivity contribution >= 4 is 47.1 Å². The largest absolute Gasteiger partial charge is 0.493 e. The molecule has 3 rings (SSSR count). The Morgan fingerprint density at radius 2 is 2.00 bits per heavy atom. The second-order valence-corrected chi connectivity index (χ2v) is 6.90. The Bertz CT molecular complexity index is 956. The van der Waals surface area contributed by atoms with Crippen molar-refractivity contribution in [1.29, 1.82) is 0 Å². The predicted molar refractivity (Wildman–Crippen MR) is 115 cm³/mol. The molecule has 7 heteroatoms. The van der Waals surface area contributed by atoms with Gasteiger partial charge in [0.25, 0.3) is 6.47 Å². The summed E-state index contributed by atoms with van der Waals surface area (Å²) in [5, 5.41) is 1.50. The topological polar surface area (TPSA) is 66.5 Å². The summed E-state index contributed by atoms with van der Waals surface area (Å²) in [7, 11) is 1.91. The maximum Gasteiger partial charge on any atom is 0.293 e. The molecule has 0 amide bonds. The Morgan fingerprint density at radius 1 is 1.25 bits per heavy atom. The lowest BCUT2D eigenvalue weighted by atomic mass is 10.1. The summed E-state index contributed by atoms with van der Waals surface area (Å²) in [5.74, 6) is 0.729. The summed E-state index contributed by atoms with van der Waals surface area (Å²) in [4.78, 5) is 10.8. The number of benzene rings is 2. The highest BCUT2D eigenvalue weighted by Crippen LogP contribution is 2.38. The van der Waals surface area contributed by atoms with Crippen LogP contribution in [-0.4, -0.2) is 17.6 Å². The van der Waals surface area contributed by atoms with Crippen LogP contribution in [0.3, 0.4) is 0 Å². The van der Waals surface area contributed by atoms with Crippen LogP contribution < -0.4 is 10.5 Å². The fraction of sp³-hybridized carbons (Fsp3) is 0.286. The van der Waals surface area contributed by atoms with Gasteiger partial charge in [-0.15, -0.1) is 12.4 Å². The highest BCUT2D eigenvalue weighted by Gasteiger charge is 2.19. The lowest BCUT2D eigenvalue weighted by Gasteiger charge is -2.13. The van der Waals surface area contributed by atoms with Crippen molar-refractivity contribution in [1.82, 2.24) is 4.57 Å². The van der Waals surface area contributed by atoms with Crippen LogP contribution in [0.1, 0.15) is 30.6 Å². The molecule has 0 saturated heterocycles. The smallest absolute Gasteiger partial charge is 0.293 e. The van der Waals surface area contributed by atoms with Gasteiger partial charge in [-0.3, -0.25) is 4.79 Å². The molecule has 0 saturated carbocycles. The van der Waals surface area contributed by atoms with Crippen molar-refractivity contribution in [3.8, 4) is 5.75 Å². The second kappa shape index (κ2) is 9.71. The Morgan fingerprint density at radius 3 is 2.71 bits per heavy atom. The molecule has 1 aromatic heterocycles. The number of fused-ring (bicyclic) bond motifs is 1. The first-order chi connectivity index (χ1) is 13.0. The minimum atomic E-state index is -0.392. The van der Waals surface area contributed by atoms with E-state index in [2.05, 4.69) is 0 Å². The van der Waals surface area contributed by atoms with E-state index in [1.54, 1.807) is 0 Å². The third-order valence-electron chi connectivity index (χ3n) is 4.67. The van der Waals surface area contributed by atoms with Crippen molar-refractivity contribution in [2.75, 3.05) is 12.3 Å². The molecular formula is C21H24Cl2N2O3. The average molecular weight is 423 g/mol. The molecule has 0 radical (unpaired) electrons. The van der Waals surface area contributed by atoms with E-state index >= 15 is 0 Å². The number of rotatable bonds is 8. The van der Waals surface area contributed by atoms with Crippen molar-refractivity contribution < 1.29 is 14.3 Å². The van der Waals surface area contributed by atoms with Crippen LogP contribution in [0.4, 0.5) is 5.69 Å². The number of nitrogens with zero attached hydrogens (tertiary/aromatic N) is 1. The zero-order valence-electron chi connectivity index (χ0n) is 15.9. The van der Waals surface area contributed by atoms with Gasteiger partial charge in [0.2, 0.25) is 0 Å². The monoisotopic (exact) mass is 422 g/mol. The van der Waals surface area contributed by atoms with Gasteiger partial charge >= 0.3 is 0 Å². The molecular weight excluding hydrogens is 399 g/mol. The molecule has 1 heterocycles. The SMILES string of the molecule is C[C@H](OC=O)c1cn(C)c2c(Cl)ccc(OCCCc3ccccc3N)c12.Cl. The maximum atomic E-state index is 10.8. The molecule has 0 spiro atoms. The predicted octanol–water partition coefficient (Wildman–Crippen LogP) is 5.08. The van der Waals surface area contributed by atoms with E-state index in [1.807, 2.05) is 61.1 Å². The van der Waals surface area contributed by atoms with E-state index in [0.717, 1.165) is 46.3 Å². The number of hydrogen-bond donors (Lipinski definition) is 1. The summed E-state index contributed by atoms with van der Waals surface area (Å²) in [6.45, 7) is 2.83. The molecule has 150 valence electrons. The normalized spacial score (nSPS) is 11.7. The zero-order chi connectivity index (χ0) is 19.4. The lowest BCUT2D eigenvalue weighted by molar-refractivity contribution is -0.133. The summed E-state index contributed by atoms with van der Waals surface area (Å²) in [6.07, 6.45) is 3.20. The number of carbonyl (C=O) groups is 1. The van der Waals surface area contributed by atoms with Gasteiger partial charge in [0, 0.05) is 24.5 Å². The molecule has 3 aromatic rings. The number of aromatic nitrogens is 1. The van der Waals surface area contributed by atoms with Crippen molar-refractivity contribution in [3.05, 3.63) is 58.7 Å². The first-order valence-electron chi connectivity index (χ1n) is 8.85. The first kappa shape index (κ1) is 21.9. The van der Waals surface area contributed by atoms with Crippen LogP contribution in [-0.2, 0) is 23.0 Å². The molecule has 1 atom stereocenters. The summed E-state index contributed by atoms with van der Waals surface area (Å²) in [5.41, 5.74) is 9.64. The molecule has 5 nitrogen and oxygen atoms in total. The van der Waals surface area contributed by atoms with Gasteiger partial charge in [0.15, 0.2) is 0 Å². The van der Waals surface area contributed by atoms with E-state index in [4.69, 9.17) is 26.8 Å². The van der Waals surface area contributed by atoms with Gasteiger partial charge in [0.05, 0.1) is 22.5 Å². The van der Waals surface area contributed by atoms with E-state index in [1.165, 1.54) is 0 Å². The van der Waals surface area contributed by atoms with Gasteiger partial charge in [-0.2, -0.15) is 0 Å².